The van der Waals surface area contributed by atoms with Crippen LogP contribution in [-0.2, 0) is 20.7 Å². The molecule has 4 nitrogen and oxygen atoms in total. The molecule has 2 saturated heterocycles. The van der Waals surface area contributed by atoms with Crippen molar-refractivity contribution in [2.45, 2.75) is 31.3 Å². The molecule has 3 heterocycles. The molecule has 1 amide bonds. The minimum atomic E-state index is -0.570. The number of rotatable bonds is 2. The molecule has 0 N–H and O–H groups in total. The van der Waals surface area contributed by atoms with Crippen LogP contribution in [0.15, 0.2) is 16.8 Å². The summed E-state index contributed by atoms with van der Waals surface area (Å²) in [6, 6.07) is 1.95. The first-order valence-electron chi connectivity index (χ1n) is 6.66. The van der Waals surface area contributed by atoms with Gasteiger partial charge in [0, 0.05) is 19.6 Å². The average molecular weight is 279 g/mol. The van der Waals surface area contributed by atoms with Gasteiger partial charge in [-0.25, -0.2) is 0 Å². The lowest BCUT2D eigenvalue weighted by atomic mass is 9.87. The molecule has 0 unspecified atom stereocenters. The summed E-state index contributed by atoms with van der Waals surface area (Å²) in [5, 5.41) is 3.94. The van der Waals surface area contributed by atoms with E-state index in [0.29, 0.717) is 26.0 Å². The van der Waals surface area contributed by atoms with Crippen molar-refractivity contribution in [3.63, 3.8) is 0 Å². The third-order valence-electron chi connectivity index (χ3n) is 4.02. The largest absolute Gasteiger partial charge is 0.367 e. The van der Waals surface area contributed by atoms with Crippen LogP contribution in [0.5, 0.6) is 0 Å². The number of hydrogen-bond acceptors (Lipinski definition) is 4. The number of hydrogen-bond donors (Lipinski definition) is 0. The molecule has 2 aliphatic heterocycles. The van der Waals surface area contributed by atoms with Crippen LogP contribution < -0.4 is 0 Å². The van der Waals surface area contributed by atoms with Crippen LogP contribution >= 0.6 is 11.3 Å². The molecular weight excluding hydrogens is 262 g/mol. The Morgan fingerprint density at radius 3 is 3.00 bits per heavy atom. The lowest BCUT2D eigenvalue weighted by Gasteiger charge is -2.37. The fraction of sp³-hybridized carbons (Fsp3) is 0.571. The summed E-state index contributed by atoms with van der Waals surface area (Å²) in [4.78, 5) is 26.0. The molecule has 0 radical (unpaired) electrons. The third-order valence-corrected chi connectivity index (χ3v) is 4.75. The highest BCUT2D eigenvalue weighted by Crippen LogP contribution is 2.33. The topological polar surface area (TPSA) is 46.6 Å². The molecule has 5 heteroatoms. The van der Waals surface area contributed by atoms with Crippen LogP contribution in [0.1, 0.15) is 24.8 Å². The Hall–Kier alpha value is -1.20. The summed E-state index contributed by atoms with van der Waals surface area (Å²) in [5.74, 6) is 0.120. The van der Waals surface area contributed by atoms with Crippen molar-refractivity contribution in [2.75, 3.05) is 19.7 Å². The molecule has 0 bridgehead atoms. The number of piperidine rings is 1. The molecule has 2 fully saturated rings. The Morgan fingerprint density at radius 1 is 1.47 bits per heavy atom. The van der Waals surface area contributed by atoms with E-state index < -0.39 is 5.60 Å². The maximum absolute atomic E-state index is 12.2. The lowest BCUT2D eigenvalue weighted by Crippen LogP contribution is -2.54. The molecule has 1 spiro atoms. The van der Waals surface area contributed by atoms with Crippen molar-refractivity contribution < 1.29 is 14.3 Å². The monoisotopic (exact) mass is 279 g/mol. The number of Topliss-reactive ketones (excluding diaryl/α,β-unsaturated/α-hetero) is 1. The highest BCUT2D eigenvalue weighted by molar-refractivity contribution is 7.07. The third kappa shape index (κ3) is 2.44. The molecule has 1 aromatic heterocycles. The van der Waals surface area contributed by atoms with Gasteiger partial charge in [-0.3, -0.25) is 9.59 Å². The van der Waals surface area contributed by atoms with Crippen molar-refractivity contribution in [3.05, 3.63) is 22.4 Å². The van der Waals surface area contributed by atoms with Gasteiger partial charge in [0.15, 0.2) is 5.78 Å². The van der Waals surface area contributed by atoms with Gasteiger partial charge in [0.1, 0.15) is 5.60 Å². The fourth-order valence-corrected chi connectivity index (χ4v) is 3.53. The van der Waals surface area contributed by atoms with Gasteiger partial charge >= 0.3 is 0 Å². The van der Waals surface area contributed by atoms with Gasteiger partial charge in [0.05, 0.1) is 13.0 Å². The van der Waals surface area contributed by atoms with Crippen molar-refractivity contribution >= 4 is 23.0 Å². The zero-order valence-electron chi connectivity index (χ0n) is 10.8. The van der Waals surface area contributed by atoms with Gasteiger partial charge in [0.2, 0.25) is 5.91 Å². The van der Waals surface area contributed by atoms with Gasteiger partial charge in [0.25, 0.3) is 0 Å². The van der Waals surface area contributed by atoms with Crippen LogP contribution in [0, 0.1) is 0 Å². The molecule has 3 rings (SSSR count). The number of nitrogens with zero attached hydrogens (tertiary/aromatic N) is 1. The van der Waals surface area contributed by atoms with Crippen LogP contribution in [0.3, 0.4) is 0 Å². The summed E-state index contributed by atoms with van der Waals surface area (Å²) in [6.07, 6.45) is 2.82. The van der Waals surface area contributed by atoms with Gasteiger partial charge in [-0.15, -0.1) is 0 Å². The fourth-order valence-electron chi connectivity index (χ4n) is 2.86. The van der Waals surface area contributed by atoms with Gasteiger partial charge in [-0.1, -0.05) is 0 Å². The first-order valence-corrected chi connectivity index (χ1v) is 7.60. The van der Waals surface area contributed by atoms with Gasteiger partial charge in [-0.2, -0.15) is 11.3 Å². The van der Waals surface area contributed by atoms with E-state index in [1.807, 2.05) is 16.8 Å². The second kappa shape index (κ2) is 5.06. The highest BCUT2D eigenvalue weighted by Gasteiger charge is 2.46. The second-order valence-electron chi connectivity index (χ2n) is 5.24. The van der Waals surface area contributed by atoms with E-state index in [0.717, 1.165) is 18.4 Å². The predicted octanol–water partition coefficient (Wildman–Crippen LogP) is 1.64. The van der Waals surface area contributed by atoms with Crippen LogP contribution in [-0.4, -0.2) is 41.9 Å². The summed E-state index contributed by atoms with van der Waals surface area (Å²) in [6.45, 7) is 1.52. The van der Waals surface area contributed by atoms with Crippen LogP contribution in [0.4, 0.5) is 0 Å². The van der Waals surface area contributed by atoms with Crippen LogP contribution in [0.2, 0.25) is 0 Å². The predicted molar refractivity (Wildman–Crippen MR) is 72.1 cm³/mol. The van der Waals surface area contributed by atoms with E-state index in [1.165, 1.54) is 0 Å². The molecule has 19 heavy (non-hydrogen) atoms. The normalized spacial score (nSPS) is 27.2. The smallest absolute Gasteiger partial charge is 0.227 e. The van der Waals surface area contributed by atoms with Crippen molar-refractivity contribution in [1.82, 2.24) is 4.90 Å². The number of amides is 1. The Morgan fingerprint density at radius 2 is 2.37 bits per heavy atom. The number of likely N-dealkylation sites (tertiary alicyclic amines) is 1. The SMILES string of the molecule is O=C(Cc1ccsc1)N1CC[C@@]2(CCCO2)C(=O)C1. The van der Waals surface area contributed by atoms with E-state index in [4.69, 9.17) is 4.74 Å². The number of thiophene rings is 1. The molecule has 0 saturated carbocycles. The summed E-state index contributed by atoms with van der Waals surface area (Å²) < 4.78 is 5.64. The molecule has 1 aromatic rings. The molecule has 1 atom stereocenters. The maximum atomic E-state index is 12.2. The first-order chi connectivity index (χ1) is 9.20. The number of ether oxygens (including phenoxy) is 1. The number of carbonyl (C=O) groups excluding carboxylic acids is 2. The average Bonchev–Trinajstić information content (AvgIpc) is 3.05. The number of ketones is 1. The minimum absolute atomic E-state index is 0.0413. The molecule has 102 valence electrons. The van der Waals surface area contributed by atoms with Crippen molar-refractivity contribution in [1.29, 1.82) is 0 Å². The van der Waals surface area contributed by atoms with Gasteiger partial charge < -0.3 is 9.64 Å². The number of carbonyl (C=O) groups is 2. The first kappa shape index (κ1) is 12.8. The van der Waals surface area contributed by atoms with E-state index in [-0.39, 0.29) is 18.2 Å². The Bertz CT molecular complexity index is 477. The van der Waals surface area contributed by atoms with Crippen LogP contribution in [0.25, 0.3) is 0 Å². The van der Waals surface area contributed by atoms with E-state index in [1.54, 1.807) is 16.2 Å². The lowest BCUT2D eigenvalue weighted by molar-refractivity contribution is -0.152. The molecule has 2 aliphatic rings. The molecule has 0 aromatic carbocycles. The summed E-state index contributed by atoms with van der Waals surface area (Å²) in [7, 11) is 0. The quantitative estimate of drug-likeness (QED) is 0.827. The van der Waals surface area contributed by atoms with Crippen molar-refractivity contribution in [2.24, 2.45) is 0 Å². The highest BCUT2D eigenvalue weighted by atomic mass is 32.1. The van der Waals surface area contributed by atoms with E-state index in [9.17, 15) is 9.59 Å². The maximum Gasteiger partial charge on any atom is 0.227 e. The van der Waals surface area contributed by atoms with Gasteiger partial charge in [-0.05, 0) is 35.2 Å². The second-order valence-corrected chi connectivity index (χ2v) is 6.02. The van der Waals surface area contributed by atoms with Crippen molar-refractivity contribution in [3.8, 4) is 0 Å². The minimum Gasteiger partial charge on any atom is -0.367 e. The van der Waals surface area contributed by atoms with E-state index >= 15 is 0 Å². The Labute approximate surface area is 116 Å². The summed E-state index contributed by atoms with van der Waals surface area (Å²) >= 11 is 1.59. The molecular formula is C14H17NO3S. The zero-order valence-corrected chi connectivity index (χ0v) is 11.6. The molecule has 0 aliphatic carbocycles. The van der Waals surface area contributed by atoms with E-state index in [2.05, 4.69) is 0 Å². The zero-order chi connectivity index (χ0) is 13.3. The summed E-state index contributed by atoms with van der Waals surface area (Å²) in [5.41, 5.74) is 0.457. The Kier molecular flexibility index (Phi) is 3.41. The standard InChI is InChI=1S/C14H17NO3S/c16-12-9-15(5-4-14(12)3-1-6-18-14)13(17)8-11-2-7-19-10-11/h2,7,10H,1,3-6,8-9H2/t14-/m0/s1. The Balaban J connectivity index is 1.62.